The van der Waals surface area contributed by atoms with Crippen LogP contribution < -0.4 is 16.0 Å². The van der Waals surface area contributed by atoms with Gasteiger partial charge in [-0.2, -0.15) is 0 Å². The van der Waals surface area contributed by atoms with Crippen LogP contribution in [0.2, 0.25) is 0 Å². The Morgan fingerprint density at radius 1 is 0.946 bits per heavy atom. The lowest BCUT2D eigenvalue weighted by molar-refractivity contribution is 0.582. The standard InChI is InChI=1S/C26H19F2N5O3S/c1-15-24(37(35,36)32-23-10-8-18(27)13-21(23)28)12-17(14-30-15)16-7-9-22-20(11-16)25(34)33(26(29)31-22)19-5-3-2-4-6-19/h2-14,32H,1H3,(H2,29,31). The summed E-state index contributed by atoms with van der Waals surface area (Å²) in [4.78, 5) is 21.7. The van der Waals surface area contributed by atoms with Crippen molar-refractivity contribution in [1.82, 2.24) is 14.5 Å². The van der Waals surface area contributed by atoms with Gasteiger partial charge >= 0.3 is 0 Å². The van der Waals surface area contributed by atoms with Crippen LogP contribution in [0.15, 0.2) is 88.7 Å². The van der Waals surface area contributed by atoms with Crippen molar-refractivity contribution in [2.75, 3.05) is 10.5 Å². The molecule has 0 amide bonds. The quantitative estimate of drug-likeness (QED) is 0.355. The highest BCUT2D eigenvalue weighted by Crippen LogP contribution is 2.28. The maximum absolute atomic E-state index is 14.1. The molecule has 5 aromatic rings. The number of aromatic nitrogens is 3. The minimum atomic E-state index is -4.28. The summed E-state index contributed by atoms with van der Waals surface area (Å²) < 4.78 is 56.9. The van der Waals surface area contributed by atoms with Crippen molar-refractivity contribution in [1.29, 1.82) is 0 Å². The van der Waals surface area contributed by atoms with Gasteiger partial charge in [-0.25, -0.2) is 26.7 Å². The van der Waals surface area contributed by atoms with Gasteiger partial charge < -0.3 is 5.73 Å². The maximum atomic E-state index is 14.1. The van der Waals surface area contributed by atoms with Crippen molar-refractivity contribution in [2.24, 2.45) is 0 Å². The number of nitrogens with zero attached hydrogens (tertiary/aromatic N) is 3. The molecule has 5 rings (SSSR count). The molecule has 3 N–H and O–H groups in total. The molecular formula is C26H19F2N5O3S. The highest BCUT2D eigenvalue weighted by Gasteiger charge is 2.21. The van der Waals surface area contributed by atoms with Crippen molar-refractivity contribution in [3.63, 3.8) is 0 Å². The molecule has 0 bridgehead atoms. The van der Waals surface area contributed by atoms with Gasteiger partial charge in [0.05, 0.1) is 28.0 Å². The number of halogens is 2. The second-order valence-corrected chi connectivity index (χ2v) is 9.87. The first-order valence-corrected chi connectivity index (χ1v) is 12.4. The Balaban J connectivity index is 1.60. The molecule has 0 spiro atoms. The number of aryl methyl sites for hydroxylation is 1. The van der Waals surface area contributed by atoms with Crippen LogP contribution in [0.3, 0.4) is 0 Å². The van der Waals surface area contributed by atoms with Crippen LogP contribution in [0, 0.1) is 18.6 Å². The number of hydrogen-bond donors (Lipinski definition) is 2. The zero-order chi connectivity index (χ0) is 26.3. The number of anilines is 2. The van der Waals surface area contributed by atoms with Gasteiger partial charge in [0.25, 0.3) is 15.6 Å². The summed E-state index contributed by atoms with van der Waals surface area (Å²) in [5.41, 5.74) is 7.26. The Labute approximate surface area is 210 Å². The molecule has 2 aromatic heterocycles. The predicted octanol–water partition coefficient (Wildman–Crippen LogP) is 4.42. The number of sulfonamides is 1. The van der Waals surface area contributed by atoms with Crippen molar-refractivity contribution < 1.29 is 17.2 Å². The molecule has 0 aliphatic rings. The van der Waals surface area contributed by atoms with E-state index in [1.165, 1.54) is 23.8 Å². The van der Waals surface area contributed by atoms with E-state index in [-0.39, 0.29) is 21.9 Å². The minimum Gasteiger partial charge on any atom is -0.369 e. The second kappa shape index (κ2) is 9.10. The Hall–Kier alpha value is -4.64. The largest absolute Gasteiger partial charge is 0.369 e. The van der Waals surface area contributed by atoms with Gasteiger partial charge in [0.2, 0.25) is 5.95 Å². The van der Waals surface area contributed by atoms with Crippen LogP contribution in [0.4, 0.5) is 20.4 Å². The van der Waals surface area contributed by atoms with E-state index in [2.05, 4.69) is 14.7 Å². The number of para-hydroxylation sites is 1. The molecular weight excluding hydrogens is 500 g/mol. The van der Waals surface area contributed by atoms with E-state index in [9.17, 15) is 22.0 Å². The normalized spacial score (nSPS) is 11.5. The first kappa shape index (κ1) is 24.1. The van der Waals surface area contributed by atoms with E-state index in [0.717, 1.165) is 12.1 Å². The number of nitrogen functional groups attached to an aromatic ring is 1. The van der Waals surface area contributed by atoms with Crippen LogP contribution in [0.25, 0.3) is 27.7 Å². The lowest BCUT2D eigenvalue weighted by Gasteiger charge is -2.13. The lowest BCUT2D eigenvalue weighted by atomic mass is 10.1. The number of benzene rings is 3. The van der Waals surface area contributed by atoms with Gasteiger partial charge in [0, 0.05) is 17.8 Å². The Kier molecular flexibility index (Phi) is 5.92. The maximum Gasteiger partial charge on any atom is 0.267 e. The topological polar surface area (TPSA) is 120 Å². The number of fused-ring (bicyclic) bond motifs is 1. The van der Waals surface area contributed by atoms with Gasteiger partial charge in [-0.3, -0.25) is 14.5 Å². The smallest absolute Gasteiger partial charge is 0.267 e. The van der Waals surface area contributed by atoms with Crippen LogP contribution in [-0.4, -0.2) is 23.0 Å². The van der Waals surface area contributed by atoms with Crippen LogP contribution in [-0.2, 0) is 10.0 Å². The molecule has 11 heteroatoms. The first-order valence-electron chi connectivity index (χ1n) is 11.0. The van der Waals surface area contributed by atoms with E-state index in [1.54, 1.807) is 42.5 Å². The third-order valence-corrected chi connectivity index (χ3v) is 7.23. The van der Waals surface area contributed by atoms with Crippen molar-refractivity contribution in [3.05, 3.63) is 107 Å². The lowest BCUT2D eigenvalue weighted by Crippen LogP contribution is -2.23. The molecule has 0 aliphatic carbocycles. The molecule has 0 atom stereocenters. The van der Waals surface area contributed by atoms with Gasteiger partial charge in [-0.1, -0.05) is 24.3 Å². The highest BCUT2D eigenvalue weighted by atomic mass is 32.2. The Morgan fingerprint density at radius 2 is 1.70 bits per heavy atom. The van der Waals surface area contributed by atoms with Gasteiger partial charge in [-0.15, -0.1) is 0 Å². The zero-order valence-electron chi connectivity index (χ0n) is 19.3. The second-order valence-electron chi connectivity index (χ2n) is 8.22. The SMILES string of the molecule is Cc1ncc(-c2ccc3nc(N)n(-c4ccccc4)c(=O)c3c2)cc1S(=O)(=O)Nc1ccc(F)cc1F. The average Bonchev–Trinajstić information content (AvgIpc) is 2.86. The summed E-state index contributed by atoms with van der Waals surface area (Å²) in [5, 5.41) is 0.270. The number of hydrogen-bond acceptors (Lipinski definition) is 6. The fourth-order valence-electron chi connectivity index (χ4n) is 3.92. The summed E-state index contributed by atoms with van der Waals surface area (Å²) >= 11 is 0. The van der Waals surface area contributed by atoms with Crippen LogP contribution >= 0.6 is 0 Å². The molecule has 3 aromatic carbocycles. The predicted molar refractivity (Wildman–Crippen MR) is 137 cm³/mol. The summed E-state index contributed by atoms with van der Waals surface area (Å²) in [6.07, 6.45) is 1.47. The van der Waals surface area contributed by atoms with Gasteiger partial charge in [0.1, 0.15) is 16.5 Å². The number of rotatable bonds is 5. The summed E-state index contributed by atoms with van der Waals surface area (Å²) in [6, 6.07) is 17.6. The van der Waals surface area contributed by atoms with E-state index in [1.807, 2.05) is 6.07 Å². The van der Waals surface area contributed by atoms with E-state index >= 15 is 0 Å². The third kappa shape index (κ3) is 4.52. The summed E-state index contributed by atoms with van der Waals surface area (Å²) in [6.45, 7) is 1.49. The zero-order valence-corrected chi connectivity index (χ0v) is 20.1. The molecule has 0 unspecified atom stereocenters. The Bertz CT molecular complexity index is 1840. The molecule has 186 valence electrons. The van der Waals surface area contributed by atoms with Crippen LogP contribution in [0.1, 0.15) is 5.69 Å². The molecule has 0 fully saturated rings. The summed E-state index contributed by atoms with van der Waals surface area (Å²) in [7, 11) is -4.28. The average molecular weight is 520 g/mol. The van der Waals surface area contributed by atoms with Gasteiger partial charge in [0.15, 0.2) is 0 Å². The monoisotopic (exact) mass is 519 g/mol. The van der Waals surface area contributed by atoms with E-state index in [0.29, 0.717) is 28.4 Å². The molecule has 8 nitrogen and oxygen atoms in total. The van der Waals surface area contributed by atoms with Gasteiger partial charge in [-0.05, 0) is 55.0 Å². The minimum absolute atomic E-state index is 0.0286. The molecule has 0 saturated carbocycles. The molecule has 0 radical (unpaired) electrons. The highest BCUT2D eigenvalue weighted by molar-refractivity contribution is 7.92. The number of pyridine rings is 1. The molecule has 37 heavy (non-hydrogen) atoms. The van der Waals surface area contributed by atoms with Crippen LogP contribution in [0.5, 0.6) is 0 Å². The number of nitrogens with one attached hydrogen (secondary N) is 1. The molecule has 0 aliphatic heterocycles. The van der Waals surface area contributed by atoms with Crippen molar-refractivity contribution in [3.8, 4) is 16.8 Å². The third-order valence-electron chi connectivity index (χ3n) is 5.75. The number of nitrogens with two attached hydrogens (primary N) is 1. The van der Waals surface area contributed by atoms with E-state index in [4.69, 9.17) is 5.73 Å². The molecule has 0 saturated heterocycles. The van der Waals surface area contributed by atoms with Crippen molar-refractivity contribution >= 4 is 32.6 Å². The fourth-order valence-corrected chi connectivity index (χ4v) is 5.21. The summed E-state index contributed by atoms with van der Waals surface area (Å²) in [5.74, 6) is -1.86. The fraction of sp³-hybridized carbons (Fsp3) is 0.0385. The first-order chi connectivity index (χ1) is 17.6. The van der Waals surface area contributed by atoms with E-state index < -0.39 is 32.9 Å². The van der Waals surface area contributed by atoms with Crippen molar-refractivity contribution in [2.45, 2.75) is 11.8 Å². The molecule has 2 heterocycles. The Morgan fingerprint density at radius 3 is 2.43 bits per heavy atom.